The Labute approximate surface area is 98.5 Å². The van der Waals surface area contributed by atoms with Crippen molar-refractivity contribution >= 4 is 12.2 Å². The van der Waals surface area contributed by atoms with Crippen molar-refractivity contribution in [3.8, 4) is 0 Å². The van der Waals surface area contributed by atoms with Crippen LogP contribution >= 0.6 is 12.2 Å². The summed E-state index contributed by atoms with van der Waals surface area (Å²) in [6.07, 6.45) is 0. The molecule has 86 valence electrons. The van der Waals surface area contributed by atoms with Gasteiger partial charge in [0, 0.05) is 12.0 Å². The molecule has 16 heavy (non-hydrogen) atoms. The lowest BCUT2D eigenvalue weighted by molar-refractivity contribution is 0.388. The highest BCUT2D eigenvalue weighted by atomic mass is 32.1. The van der Waals surface area contributed by atoms with E-state index in [9.17, 15) is 0 Å². The maximum absolute atomic E-state index is 5.18. The van der Waals surface area contributed by atoms with E-state index in [1.54, 1.807) is 0 Å². The van der Waals surface area contributed by atoms with Crippen molar-refractivity contribution in [3.63, 3.8) is 0 Å². The van der Waals surface area contributed by atoms with E-state index in [2.05, 4.69) is 29.2 Å². The van der Waals surface area contributed by atoms with E-state index in [0.717, 1.165) is 17.3 Å². The Morgan fingerprint density at radius 1 is 1.56 bits per heavy atom. The first kappa shape index (κ1) is 11.1. The van der Waals surface area contributed by atoms with Crippen LogP contribution in [0.25, 0.3) is 0 Å². The Morgan fingerprint density at radius 2 is 2.31 bits per heavy atom. The number of H-pyrrole nitrogens is 1. The molecule has 0 saturated heterocycles. The standard InChI is InChI=1S/C10H14N4OS/c1-6(2)9-11-12-10(16)14(9)5-8-4-7(3)15-13-8/h4,6H,5H2,1-3H3,(H,12,16). The normalized spacial score (nSPS) is 11.2. The average Bonchev–Trinajstić information content (AvgIpc) is 2.76. The highest BCUT2D eigenvalue weighted by Crippen LogP contribution is 2.13. The molecule has 1 N–H and O–H groups in total. The predicted molar refractivity (Wildman–Crippen MR) is 61.8 cm³/mol. The Bertz CT molecular complexity index is 537. The molecular weight excluding hydrogens is 224 g/mol. The van der Waals surface area contributed by atoms with Crippen molar-refractivity contribution in [3.05, 3.63) is 28.1 Å². The summed E-state index contributed by atoms with van der Waals surface area (Å²) >= 11 is 5.18. The molecule has 0 amide bonds. The summed E-state index contributed by atoms with van der Waals surface area (Å²) in [5.41, 5.74) is 0.858. The second kappa shape index (κ2) is 4.21. The van der Waals surface area contributed by atoms with Crippen LogP contribution in [0.5, 0.6) is 0 Å². The largest absolute Gasteiger partial charge is 0.361 e. The molecule has 0 radical (unpaired) electrons. The zero-order valence-electron chi connectivity index (χ0n) is 9.52. The van der Waals surface area contributed by atoms with Crippen LogP contribution in [-0.4, -0.2) is 19.9 Å². The zero-order chi connectivity index (χ0) is 11.7. The Morgan fingerprint density at radius 3 is 2.88 bits per heavy atom. The molecule has 0 bridgehead atoms. The highest BCUT2D eigenvalue weighted by Gasteiger charge is 2.11. The number of aromatic nitrogens is 4. The van der Waals surface area contributed by atoms with Gasteiger partial charge in [-0.3, -0.25) is 9.67 Å². The van der Waals surface area contributed by atoms with Crippen molar-refractivity contribution < 1.29 is 4.52 Å². The number of hydrogen-bond donors (Lipinski definition) is 1. The van der Waals surface area contributed by atoms with Crippen LogP contribution in [0.3, 0.4) is 0 Å². The highest BCUT2D eigenvalue weighted by molar-refractivity contribution is 7.71. The summed E-state index contributed by atoms with van der Waals surface area (Å²) in [6.45, 7) is 6.62. The fraction of sp³-hybridized carbons (Fsp3) is 0.500. The first-order chi connectivity index (χ1) is 7.58. The predicted octanol–water partition coefficient (Wildman–Crippen LogP) is 2.41. The summed E-state index contributed by atoms with van der Waals surface area (Å²) in [5.74, 6) is 2.06. The van der Waals surface area contributed by atoms with Crippen molar-refractivity contribution in [2.45, 2.75) is 33.2 Å². The van der Waals surface area contributed by atoms with Gasteiger partial charge in [0.15, 0.2) is 4.77 Å². The van der Waals surface area contributed by atoms with Crippen LogP contribution in [0, 0.1) is 11.7 Å². The average molecular weight is 238 g/mol. The van der Waals surface area contributed by atoms with Crippen molar-refractivity contribution in [1.82, 2.24) is 19.9 Å². The Hall–Kier alpha value is -1.43. The van der Waals surface area contributed by atoms with Crippen LogP contribution in [0.2, 0.25) is 0 Å². The summed E-state index contributed by atoms with van der Waals surface area (Å²) in [5, 5.41) is 11.0. The van der Waals surface area contributed by atoms with Gasteiger partial charge in [0.05, 0.1) is 6.54 Å². The number of hydrogen-bond acceptors (Lipinski definition) is 4. The summed E-state index contributed by atoms with van der Waals surface area (Å²) in [7, 11) is 0. The summed E-state index contributed by atoms with van der Waals surface area (Å²) in [4.78, 5) is 0. The quantitative estimate of drug-likeness (QED) is 0.834. The second-order valence-corrected chi connectivity index (χ2v) is 4.44. The molecule has 0 unspecified atom stereocenters. The molecule has 0 atom stereocenters. The molecule has 2 aromatic heterocycles. The van der Waals surface area contributed by atoms with Gasteiger partial charge < -0.3 is 4.52 Å². The minimum atomic E-state index is 0.320. The molecule has 0 aliphatic rings. The summed E-state index contributed by atoms with van der Waals surface area (Å²) < 4.78 is 7.58. The number of rotatable bonds is 3. The lowest BCUT2D eigenvalue weighted by Gasteiger charge is -2.06. The molecule has 6 heteroatoms. The number of nitrogens with one attached hydrogen (secondary N) is 1. The van der Waals surface area contributed by atoms with Gasteiger partial charge in [-0.2, -0.15) is 5.10 Å². The van der Waals surface area contributed by atoms with Gasteiger partial charge in [-0.05, 0) is 19.1 Å². The fourth-order valence-corrected chi connectivity index (χ4v) is 1.78. The van der Waals surface area contributed by atoms with Gasteiger partial charge in [-0.1, -0.05) is 19.0 Å². The van der Waals surface area contributed by atoms with Crippen molar-refractivity contribution in [2.75, 3.05) is 0 Å². The van der Waals surface area contributed by atoms with Gasteiger partial charge in [0.2, 0.25) is 0 Å². The third-order valence-electron chi connectivity index (χ3n) is 2.30. The minimum absolute atomic E-state index is 0.320. The zero-order valence-corrected chi connectivity index (χ0v) is 10.3. The van der Waals surface area contributed by atoms with E-state index < -0.39 is 0 Å². The SMILES string of the molecule is Cc1cc(Cn2c(C(C)C)n[nH]c2=S)no1. The Kier molecular flexibility index (Phi) is 2.91. The summed E-state index contributed by atoms with van der Waals surface area (Å²) in [6, 6.07) is 1.90. The van der Waals surface area contributed by atoms with E-state index in [0.29, 0.717) is 17.2 Å². The number of nitrogens with zero attached hydrogens (tertiary/aromatic N) is 3. The van der Waals surface area contributed by atoms with Gasteiger partial charge in [-0.25, -0.2) is 0 Å². The molecule has 0 fully saturated rings. The van der Waals surface area contributed by atoms with E-state index in [4.69, 9.17) is 16.7 Å². The maximum atomic E-state index is 5.18. The third kappa shape index (κ3) is 2.06. The molecule has 0 aliphatic heterocycles. The molecule has 2 aromatic rings. The van der Waals surface area contributed by atoms with Crippen LogP contribution in [0.4, 0.5) is 0 Å². The third-order valence-corrected chi connectivity index (χ3v) is 2.61. The van der Waals surface area contributed by atoms with Gasteiger partial charge in [-0.15, -0.1) is 0 Å². The Balaban J connectivity index is 2.33. The van der Waals surface area contributed by atoms with E-state index in [-0.39, 0.29) is 0 Å². The second-order valence-electron chi connectivity index (χ2n) is 4.06. The molecule has 0 saturated carbocycles. The lowest BCUT2D eigenvalue weighted by Crippen LogP contribution is -2.07. The minimum Gasteiger partial charge on any atom is -0.361 e. The molecular formula is C10H14N4OS. The molecule has 2 heterocycles. The molecule has 2 rings (SSSR count). The van der Waals surface area contributed by atoms with Crippen LogP contribution in [0.1, 0.15) is 37.0 Å². The van der Waals surface area contributed by atoms with E-state index in [1.807, 2.05) is 17.6 Å². The fourth-order valence-electron chi connectivity index (χ4n) is 1.58. The maximum Gasteiger partial charge on any atom is 0.195 e. The molecule has 0 aliphatic carbocycles. The van der Waals surface area contributed by atoms with Crippen LogP contribution in [0.15, 0.2) is 10.6 Å². The smallest absolute Gasteiger partial charge is 0.195 e. The van der Waals surface area contributed by atoms with Crippen molar-refractivity contribution in [1.29, 1.82) is 0 Å². The number of aryl methyl sites for hydroxylation is 1. The first-order valence-corrected chi connectivity index (χ1v) is 5.56. The van der Waals surface area contributed by atoms with Crippen LogP contribution < -0.4 is 0 Å². The monoisotopic (exact) mass is 238 g/mol. The lowest BCUT2D eigenvalue weighted by atomic mass is 10.2. The first-order valence-electron chi connectivity index (χ1n) is 5.15. The van der Waals surface area contributed by atoms with E-state index >= 15 is 0 Å². The van der Waals surface area contributed by atoms with Gasteiger partial charge >= 0.3 is 0 Å². The van der Waals surface area contributed by atoms with Gasteiger partial charge in [0.25, 0.3) is 0 Å². The number of aromatic amines is 1. The van der Waals surface area contributed by atoms with E-state index in [1.165, 1.54) is 0 Å². The topological polar surface area (TPSA) is 59.6 Å². The van der Waals surface area contributed by atoms with Crippen LogP contribution in [-0.2, 0) is 6.54 Å². The molecule has 5 nitrogen and oxygen atoms in total. The van der Waals surface area contributed by atoms with Gasteiger partial charge in [0.1, 0.15) is 17.3 Å². The van der Waals surface area contributed by atoms with Crippen molar-refractivity contribution in [2.24, 2.45) is 0 Å². The molecule has 0 aromatic carbocycles. The molecule has 0 spiro atoms.